The highest BCUT2D eigenvalue weighted by atomic mass is 16.5. The maximum absolute atomic E-state index is 12.8. The van der Waals surface area contributed by atoms with Gasteiger partial charge in [0.25, 0.3) is 0 Å². The second kappa shape index (κ2) is 11.8. The second-order valence-corrected chi connectivity index (χ2v) is 7.39. The summed E-state index contributed by atoms with van der Waals surface area (Å²) in [4.78, 5) is 12.8. The molecule has 0 aliphatic heterocycles. The first-order chi connectivity index (χ1) is 14.8. The summed E-state index contributed by atoms with van der Waals surface area (Å²) in [6, 6.07) is 24.6. The molecule has 0 atom stereocenters. The monoisotopic (exact) mass is 402 g/mol. The molecule has 3 aromatic rings. The summed E-state index contributed by atoms with van der Waals surface area (Å²) in [5.41, 5.74) is 2.30. The van der Waals surface area contributed by atoms with Crippen LogP contribution >= 0.6 is 0 Å². The first-order valence-electron chi connectivity index (χ1n) is 10.9. The summed E-state index contributed by atoms with van der Waals surface area (Å²) in [6.07, 6.45) is 7.36. The third kappa shape index (κ3) is 6.48. The zero-order chi connectivity index (χ0) is 21.0. The highest BCUT2D eigenvalue weighted by molar-refractivity contribution is 5.98. The normalized spacial score (nSPS) is 10.6. The summed E-state index contributed by atoms with van der Waals surface area (Å²) >= 11 is 0. The van der Waals surface area contributed by atoms with Crippen LogP contribution in [0.1, 0.15) is 55.8 Å². The number of carbonyl (C=O) groups is 1. The van der Waals surface area contributed by atoms with E-state index in [1.807, 2.05) is 60.7 Å². The Morgan fingerprint density at radius 1 is 0.733 bits per heavy atom. The fourth-order valence-electron chi connectivity index (χ4n) is 3.37. The molecule has 0 bridgehead atoms. The van der Waals surface area contributed by atoms with Gasteiger partial charge in [-0.25, -0.2) is 4.79 Å². The minimum atomic E-state index is -0.373. The number of esters is 1. The van der Waals surface area contributed by atoms with Crippen LogP contribution in [0.3, 0.4) is 0 Å². The van der Waals surface area contributed by atoms with Crippen LogP contribution in [-0.2, 0) is 0 Å². The van der Waals surface area contributed by atoms with Gasteiger partial charge in [-0.05, 0) is 47.9 Å². The molecule has 0 radical (unpaired) electrons. The van der Waals surface area contributed by atoms with E-state index in [0.717, 1.165) is 23.3 Å². The van der Waals surface area contributed by atoms with E-state index in [1.54, 1.807) is 18.2 Å². The highest BCUT2D eigenvalue weighted by Crippen LogP contribution is 2.29. The summed E-state index contributed by atoms with van der Waals surface area (Å²) in [5, 5.41) is 0. The van der Waals surface area contributed by atoms with Crippen LogP contribution in [0.25, 0.3) is 11.1 Å². The Kier molecular flexibility index (Phi) is 8.52. The van der Waals surface area contributed by atoms with E-state index in [9.17, 15) is 4.79 Å². The molecule has 0 spiro atoms. The Morgan fingerprint density at radius 3 is 2.13 bits per heavy atom. The van der Waals surface area contributed by atoms with Crippen molar-refractivity contribution in [1.82, 2.24) is 0 Å². The molecule has 3 heteroatoms. The van der Waals surface area contributed by atoms with Crippen molar-refractivity contribution >= 4 is 5.97 Å². The molecule has 0 aliphatic carbocycles. The number of benzene rings is 3. The van der Waals surface area contributed by atoms with E-state index in [0.29, 0.717) is 17.9 Å². The highest BCUT2D eigenvalue weighted by Gasteiger charge is 2.16. The molecule has 0 fully saturated rings. The van der Waals surface area contributed by atoms with Crippen LogP contribution in [0.2, 0.25) is 0 Å². The van der Waals surface area contributed by atoms with Crippen molar-refractivity contribution < 1.29 is 14.3 Å². The molecule has 0 saturated carbocycles. The first kappa shape index (κ1) is 21.6. The lowest BCUT2D eigenvalue weighted by atomic mass is 9.99. The predicted octanol–water partition coefficient (Wildman–Crippen LogP) is 7.31. The fraction of sp³-hybridized carbons (Fsp3) is 0.296. The molecular formula is C27H30O3. The SMILES string of the molecule is CCCCCCCCOc1ccc(C(=O)Oc2ccccc2)c(-c2ccccc2)c1. The van der Waals surface area contributed by atoms with Crippen LogP contribution in [0.4, 0.5) is 0 Å². The number of hydrogen-bond donors (Lipinski definition) is 0. The maximum atomic E-state index is 12.8. The summed E-state index contributed by atoms with van der Waals surface area (Å²) in [7, 11) is 0. The number of para-hydroxylation sites is 1. The average molecular weight is 403 g/mol. The van der Waals surface area contributed by atoms with E-state index in [-0.39, 0.29) is 5.97 Å². The molecule has 3 nitrogen and oxygen atoms in total. The third-order valence-corrected chi connectivity index (χ3v) is 5.02. The van der Waals surface area contributed by atoms with Crippen molar-refractivity contribution in [3.05, 3.63) is 84.4 Å². The minimum Gasteiger partial charge on any atom is -0.494 e. The molecule has 0 unspecified atom stereocenters. The van der Waals surface area contributed by atoms with Crippen molar-refractivity contribution in [2.75, 3.05) is 6.61 Å². The molecule has 3 aromatic carbocycles. The van der Waals surface area contributed by atoms with Gasteiger partial charge in [0.15, 0.2) is 0 Å². The van der Waals surface area contributed by atoms with Crippen molar-refractivity contribution in [2.24, 2.45) is 0 Å². The molecule has 0 amide bonds. The average Bonchev–Trinajstić information content (AvgIpc) is 2.79. The number of carbonyl (C=O) groups excluding carboxylic acids is 1. The van der Waals surface area contributed by atoms with E-state index >= 15 is 0 Å². The van der Waals surface area contributed by atoms with Gasteiger partial charge < -0.3 is 9.47 Å². The molecule has 0 N–H and O–H groups in total. The number of hydrogen-bond acceptors (Lipinski definition) is 3. The minimum absolute atomic E-state index is 0.373. The second-order valence-electron chi connectivity index (χ2n) is 7.39. The first-order valence-corrected chi connectivity index (χ1v) is 10.9. The molecule has 156 valence electrons. The van der Waals surface area contributed by atoms with E-state index in [1.165, 1.54) is 32.1 Å². The molecule has 0 aliphatic rings. The van der Waals surface area contributed by atoms with Gasteiger partial charge in [-0.2, -0.15) is 0 Å². The lowest BCUT2D eigenvalue weighted by molar-refractivity contribution is 0.0735. The van der Waals surface area contributed by atoms with E-state index < -0.39 is 0 Å². The Hall–Kier alpha value is -3.07. The predicted molar refractivity (Wildman–Crippen MR) is 122 cm³/mol. The van der Waals surface area contributed by atoms with Crippen LogP contribution in [-0.4, -0.2) is 12.6 Å². The standard InChI is InChI=1S/C27H30O3/c1-2-3-4-5-6-13-20-29-24-18-19-25(26(21-24)22-14-9-7-10-15-22)27(28)30-23-16-11-8-12-17-23/h7-12,14-19,21H,2-6,13,20H2,1H3. The largest absolute Gasteiger partial charge is 0.494 e. The van der Waals surface area contributed by atoms with Gasteiger partial charge in [0.2, 0.25) is 0 Å². The summed E-state index contributed by atoms with van der Waals surface area (Å²) in [5.74, 6) is 0.936. The Balaban J connectivity index is 1.71. The van der Waals surface area contributed by atoms with Gasteiger partial charge in [-0.3, -0.25) is 0 Å². The van der Waals surface area contributed by atoms with Crippen LogP contribution < -0.4 is 9.47 Å². The lowest BCUT2D eigenvalue weighted by Crippen LogP contribution is -2.10. The molecule has 0 saturated heterocycles. The smallest absolute Gasteiger partial charge is 0.344 e. The Labute approximate surface area is 179 Å². The zero-order valence-corrected chi connectivity index (χ0v) is 17.7. The van der Waals surface area contributed by atoms with Crippen molar-refractivity contribution in [3.8, 4) is 22.6 Å². The fourth-order valence-corrected chi connectivity index (χ4v) is 3.37. The van der Waals surface area contributed by atoms with Crippen LogP contribution in [0, 0.1) is 0 Å². The number of unbranched alkanes of at least 4 members (excludes halogenated alkanes) is 5. The number of ether oxygens (including phenoxy) is 2. The quantitative estimate of drug-likeness (QED) is 0.192. The Morgan fingerprint density at radius 2 is 1.40 bits per heavy atom. The maximum Gasteiger partial charge on any atom is 0.344 e. The Bertz CT molecular complexity index is 904. The van der Waals surface area contributed by atoms with Gasteiger partial charge in [-0.1, -0.05) is 87.6 Å². The topological polar surface area (TPSA) is 35.5 Å². The van der Waals surface area contributed by atoms with Crippen LogP contribution in [0.5, 0.6) is 11.5 Å². The van der Waals surface area contributed by atoms with Crippen molar-refractivity contribution in [3.63, 3.8) is 0 Å². The van der Waals surface area contributed by atoms with Gasteiger partial charge >= 0.3 is 5.97 Å². The van der Waals surface area contributed by atoms with Gasteiger partial charge in [0.05, 0.1) is 12.2 Å². The molecular weight excluding hydrogens is 372 g/mol. The summed E-state index contributed by atoms with van der Waals surface area (Å²) < 4.78 is 11.5. The third-order valence-electron chi connectivity index (χ3n) is 5.02. The zero-order valence-electron chi connectivity index (χ0n) is 17.7. The molecule has 0 heterocycles. The van der Waals surface area contributed by atoms with Gasteiger partial charge in [-0.15, -0.1) is 0 Å². The van der Waals surface area contributed by atoms with E-state index in [2.05, 4.69) is 6.92 Å². The lowest BCUT2D eigenvalue weighted by Gasteiger charge is -2.13. The number of rotatable bonds is 11. The van der Waals surface area contributed by atoms with Crippen LogP contribution in [0.15, 0.2) is 78.9 Å². The van der Waals surface area contributed by atoms with Gasteiger partial charge in [0, 0.05) is 0 Å². The van der Waals surface area contributed by atoms with Crippen molar-refractivity contribution in [1.29, 1.82) is 0 Å². The summed E-state index contributed by atoms with van der Waals surface area (Å²) in [6.45, 7) is 2.92. The molecule has 30 heavy (non-hydrogen) atoms. The molecule has 3 rings (SSSR count). The van der Waals surface area contributed by atoms with Crippen molar-refractivity contribution in [2.45, 2.75) is 45.4 Å². The van der Waals surface area contributed by atoms with Gasteiger partial charge in [0.1, 0.15) is 11.5 Å². The van der Waals surface area contributed by atoms with E-state index in [4.69, 9.17) is 9.47 Å². The molecule has 0 aromatic heterocycles.